The van der Waals surface area contributed by atoms with Crippen molar-refractivity contribution in [2.45, 2.75) is 19.3 Å². The zero-order valence-corrected chi connectivity index (χ0v) is 16.6. The number of hydrogen-bond acceptors (Lipinski definition) is 3. The van der Waals surface area contributed by atoms with E-state index in [9.17, 15) is 9.90 Å². The number of fused-ring (bicyclic) bond motifs is 1. The monoisotopic (exact) mass is 400 g/mol. The summed E-state index contributed by atoms with van der Waals surface area (Å²) in [6, 6.07) is 21.2. The Balaban J connectivity index is 1.41. The predicted molar refractivity (Wildman–Crippen MR) is 120 cm³/mol. The van der Waals surface area contributed by atoms with Crippen molar-refractivity contribution in [2.24, 2.45) is 0 Å². The Morgan fingerprint density at radius 2 is 1.79 bits per heavy atom. The van der Waals surface area contributed by atoms with Gasteiger partial charge < -0.3 is 10.1 Å². The van der Waals surface area contributed by atoms with Crippen LogP contribution in [0.15, 0.2) is 72.9 Å². The van der Waals surface area contributed by atoms with Crippen molar-refractivity contribution < 1.29 is 9.90 Å². The molecule has 0 aliphatic heterocycles. The number of nitrogens with zero attached hydrogens (tertiary/aromatic N) is 1. The van der Waals surface area contributed by atoms with Gasteiger partial charge in [0.25, 0.3) is 0 Å². The second-order valence-corrected chi connectivity index (χ2v) is 7.38. The summed E-state index contributed by atoms with van der Waals surface area (Å²) in [7, 11) is 0. The molecule has 0 radical (unpaired) electrons. The third-order valence-corrected chi connectivity index (χ3v) is 5.15. The summed E-state index contributed by atoms with van der Waals surface area (Å²) in [5.41, 5.74) is 5.21. The van der Waals surface area contributed by atoms with Crippen molar-refractivity contribution >= 4 is 34.1 Å². The van der Waals surface area contributed by atoms with E-state index in [1.807, 2.05) is 24.4 Å². The number of benzene rings is 2. The lowest BCUT2D eigenvalue weighted by molar-refractivity contribution is 0.0980. The lowest BCUT2D eigenvalue weighted by Gasteiger charge is -2.04. The number of carbonyl (C=O) groups excluding carboxylic acids is 1. The van der Waals surface area contributed by atoms with Gasteiger partial charge in [-0.25, -0.2) is 4.98 Å². The standard InChI is InChI=1S/C24H20N2O2S/c27-22(18-9-5-10-19(13-18)24(28)29)11-4-6-16-12-20-14-21(26-23(20)25-15-16)17-7-2-1-3-8-17/h1-3,5,7-10,12-15H,4,6,11H2,(H,25,26)(H,28,29). The first-order chi connectivity index (χ1) is 14.1. The number of pyridine rings is 1. The molecule has 0 aliphatic rings. The van der Waals surface area contributed by atoms with Crippen LogP contribution in [0, 0.1) is 0 Å². The van der Waals surface area contributed by atoms with Crippen LogP contribution in [0.25, 0.3) is 22.3 Å². The number of carbonyl (C=O) groups is 1. The fourth-order valence-corrected chi connectivity index (χ4v) is 3.52. The number of rotatable bonds is 7. The second kappa shape index (κ2) is 8.37. The molecule has 0 saturated carbocycles. The highest BCUT2D eigenvalue weighted by atomic mass is 32.1. The minimum atomic E-state index is -0.194. The van der Waals surface area contributed by atoms with Crippen LogP contribution >= 0.6 is 12.2 Å². The SMILES string of the molecule is O=C(CCCc1cnc2[nH]c(-c3ccccc3)cc2c1)c1cccc(C(O)=S)c1. The molecule has 144 valence electrons. The first kappa shape index (κ1) is 19.0. The van der Waals surface area contributed by atoms with Crippen molar-refractivity contribution in [3.63, 3.8) is 0 Å². The van der Waals surface area contributed by atoms with E-state index in [-0.39, 0.29) is 10.8 Å². The number of Topliss-reactive ketones (excluding diaryl/α,β-unsaturated/α-hetero) is 1. The van der Waals surface area contributed by atoms with Gasteiger partial charge in [0.05, 0.1) is 0 Å². The number of aryl methyl sites for hydroxylation is 1. The highest BCUT2D eigenvalue weighted by Gasteiger charge is 2.09. The summed E-state index contributed by atoms with van der Waals surface area (Å²) in [6.45, 7) is 0. The van der Waals surface area contributed by atoms with E-state index in [0.29, 0.717) is 17.5 Å². The number of nitrogens with one attached hydrogen (secondary N) is 1. The molecule has 2 heterocycles. The summed E-state index contributed by atoms with van der Waals surface area (Å²) in [5.74, 6) is 0.0464. The van der Waals surface area contributed by atoms with E-state index < -0.39 is 0 Å². The molecule has 5 heteroatoms. The van der Waals surface area contributed by atoms with Gasteiger partial charge in [0.1, 0.15) is 5.65 Å². The Kier molecular flexibility index (Phi) is 5.49. The predicted octanol–water partition coefficient (Wildman–Crippen LogP) is 5.67. The van der Waals surface area contributed by atoms with Crippen molar-refractivity contribution in [3.8, 4) is 11.3 Å². The average molecular weight is 401 g/mol. The van der Waals surface area contributed by atoms with Crippen LogP contribution < -0.4 is 0 Å². The number of ketones is 1. The molecular weight excluding hydrogens is 380 g/mol. The van der Waals surface area contributed by atoms with E-state index in [1.165, 1.54) is 0 Å². The summed E-state index contributed by atoms with van der Waals surface area (Å²) < 4.78 is 0. The molecule has 0 aliphatic carbocycles. The maximum Gasteiger partial charge on any atom is 0.188 e. The molecule has 0 fully saturated rings. The van der Waals surface area contributed by atoms with Crippen LogP contribution in [0.3, 0.4) is 0 Å². The van der Waals surface area contributed by atoms with Crippen LogP contribution in [-0.2, 0) is 6.42 Å². The highest BCUT2D eigenvalue weighted by Crippen LogP contribution is 2.24. The summed E-state index contributed by atoms with van der Waals surface area (Å²) in [5, 5.41) is 10.3. The number of aliphatic hydroxyl groups is 1. The van der Waals surface area contributed by atoms with Crippen LogP contribution in [0.2, 0.25) is 0 Å². The van der Waals surface area contributed by atoms with Crippen molar-refractivity contribution in [3.05, 3.63) is 89.6 Å². The van der Waals surface area contributed by atoms with Crippen LogP contribution in [-0.4, -0.2) is 25.9 Å². The number of aromatic nitrogens is 2. The molecule has 0 spiro atoms. The van der Waals surface area contributed by atoms with Crippen molar-refractivity contribution in [1.82, 2.24) is 9.97 Å². The Hall–Kier alpha value is -3.31. The Morgan fingerprint density at radius 3 is 2.59 bits per heavy atom. The topological polar surface area (TPSA) is 66.0 Å². The fourth-order valence-electron chi connectivity index (χ4n) is 3.39. The molecule has 29 heavy (non-hydrogen) atoms. The Morgan fingerprint density at radius 1 is 1.00 bits per heavy atom. The van der Waals surface area contributed by atoms with E-state index in [4.69, 9.17) is 12.2 Å². The normalized spacial score (nSPS) is 10.9. The lowest BCUT2D eigenvalue weighted by Crippen LogP contribution is -2.03. The van der Waals surface area contributed by atoms with Crippen LogP contribution in [0.5, 0.6) is 0 Å². The average Bonchev–Trinajstić information content (AvgIpc) is 3.18. The van der Waals surface area contributed by atoms with Crippen LogP contribution in [0.4, 0.5) is 0 Å². The zero-order valence-electron chi connectivity index (χ0n) is 15.8. The summed E-state index contributed by atoms with van der Waals surface area (Å²) in [6.07, 6.45) is 3.80. The molecular formula is C24H20N2O2S. The first-order valence-corrected chi connectivity index (χ1v) is 9.90. The van der Waals surface area contributed by atoms with E-state index in [2.05, 4.69) is 34.2 Å². The van der Waals surface area contributed by atoms with E-state index in [1.54, 1.807) is 24.3 Å². The van der Waals surface area contributed by atoms with Gasteiger partial charge in [0.15, 0.2) is 10.8 Å². The number of aliphatic hydroxyl groups excluding tert-OH is 1. The van der Waals surface area contributed by atoms with Crippen LogP contribution in [0.1, 0.15) is 34.3 Å². The van der Waals surface area contributed by atoms with Gasteiger partial charge in [-0.15, -0.1) is 0 Å². The molecule has 2 N–H and O–H groups in total. The third kappa shape index (κ3) is 4.41. The van der Waals surface area contributed by atoms with Crippen molar-refractivity contribution in [2.75, 3.05) is 0 Å². The zero-order chi connectivity index (χ0) is 20.2. The number of hydrogen-bond donors (Lipinski definition) is 2. The second-order valence-electron chi connectivity index (χ2n) is 6.99. The minimum Gasteiger partial charge on any atom is -0.499 e. The molecule has 2 aromatic heterocycles. The maximum atomic E-state index is 12.4. The maximum absolute atomic E-state index is 12.4. The van der Waals surface area contributed by atoms with Gasteiger partial charge in [0.2, 0.25) is 0 Å². The number of H-pyrrole nitrogens is 1. The Labute approximate surface area is 174 Å². The smallest absolute Gasteiger partial charge is 0.188 e. The molecule has 4 nitrogen and oxygen atoms in total. The largest absolute Gasteiger partial charge is 0.499 e. The van der Waals surface area contributed by atoms with Gasteiger partial charge in [-0.3, -0.25) is 4.79 Å². The third-order valence-electron chi connectivity index (χ3n) is 4.91. The molecule has 0 bridgehead atoms. The summed E-state index contributed by atoms with van der Waals surface area (Å²) in [4.78, 5) is 20.3. The fraction of sp³-hybridized carbons (Fsp3) is 0.125. The van der Waals surface area contributed by atoms with Gasteiger partial charge in [-0.2, -0.15) is 0 Å². The quantitative estimate of drug-likeness (QED) is 0.310. The van der Waals surface area contributed by atoms with Gasteiger partial charge in [-0.05, 0) is 54.4 Å². The molecule has 2 aromatic carbocycles. The van der Waals surface area contributed by atoms with Gasteiger partial charge in [-0.1, -0.05) is 48.5 Å². The number of aromatic amines is 1. The Bertz CT molecular complexity index is 1180. The molecule has 0 saturated heterocycles. The number of thiocarbonyl (C=S) groups is 1. The molecule has 0 amide bonds. The molecule has 0 atom stereocenters. The summed E-state index contributed by atoms with van der Waals surface area (Å²) >= 11 is 4.77. The van der Waals surface area contributed by atoms with E-state index >= 15 is 0 Å². The van der Waals surface area contributed by atoms with Gasteiger partial charge in [0, 0.05) is 34.8 Å². The first-order valence-electron chi connectivity index (χ1n) is 9.50. The minimum absolute atomic E-state index is 0.0464. The molecule has 0 unspecified atom stereocenters. The molecule has 4 rings (SSSR count). The van der Waals surface area contributed by atoms with E-state index in [0.717, 1.165) is 40.7 Å². The molecule has 4 aromatic rings. The van der Waals surface area contributed by atoms with Crippen molar-refractivity contribution in [1.29, 1.82) is 0 Å². The van der Waals surface area contributed by atoms with Gasteiger partial charge >= 0.3 is 0 Å². The highest BCUT2D eigenvalue weighted by molar-refractivity contribution is 7.80. The lowest BCUT2D eigenvalue weighted by atomic mass is 10.0.